The van der Waals surface area contributed by atoms with Crippen LogP contribution in [-0.4, -0.2) is 82.1 Å². The number of carboxylic acid groups (broad SMARTS) is 2. The number of carboxylic acids is 2. The lowest BCUT2D eigenvalue weighted by Gasteiger charge is -2.39. The number of aliphatic carboxylic acids is 2. The van der Waals surface area contributed by atoms with Crippen LogP contribution in [0.3, 0.4) is 0 Å². The smallest absolute Gasteiger partial charge is 0.328 e. The van der Waals surface area contributed by atoms with E-state index in [1.807, 2.05) is 19.1 Å². The first kappa shape index (κ1) is 32.9. The van der Waals surface area contributed by atoms with Crippen LogP contribution in [0.1, 0.15) is 42.5 Å². The summed E-state index contributed by atoms with van der Waals surface area (Å²) in [7, 11) is 0. The molecule has 1 saturated heterocycles. The van der Waals surface area contributed by atoms with Crippen LogP contribution in [0.25, 0.3) is 5.57 Å². The van der Waals surface area contributed by atoms with Crippen molar-refractivity contribution in [3.05, 3.63) is 120 Å². The first-order valence-electron chi connectivity index (χ1n) is 14.4. The van der Waals surface area contributed by atoms with Gasteiger partial charge < -0.3 is 20.4 Å². The molecule has 2 heterocycles. The van der Waals surface area contributed by atoms with Crippen molar-refractivity contribution in [1.82, 2.24) is 20.1 Å². The number of hydrogen-bond donors (Lipinski definition) is 3. The van der Waals surface area contributed by atoms with Gasteiger partial charge in [-0.1, -0.05) is 66.7 Å². The Morgan fingerprint density at radius 1 is 0.837 bits per heavy atom. The number of pyridine rings is 1. The highest BCUT2D eigenvalue weighted by Gasteiger charge is 2.26. The SMILES string of the molecule is C/C(=C\C(=O)NCCCCN1CCN(C(c2ccccc2)c2ccccc2)CC1)c1cccnc1.O=C(O)/C=C/C(=O)O. The number of piperazine rings is 1. The molecule has 1 fully saturated rings. The number of allylic oxidation sites excluding steroid dienone is 1. The molecule has 2 aromatic carbocycles. The number of aromatic nitrogens is 1. The maximum Gasteiger partial charge on any atom is 0.328 e. The monoisotopic (exact) mass is 584 g/mol. The molecule has 1 aromatic heterocycles. The first-order chi connectivity index (χ1) is 20.8. The summed E-state index contributed by atoms with van der Waals surface area (Å²) in [6.07, 6.45) is 8.37. The molecule has 0 unspecified atom stereocenters. The molecule has 3 N–H and O–H groups in total. The molecule has 0 atom stereocenters. The third-order valence-electron chi connectivity index (χ3n) is 7.04. The molecule has 3 aromatic rings. The first-order valence-corrected chi connectivity index (χ1v) is 14.4. The minimum absolute atomic E-state index is 0.0344. The zero-order valence-corrected chi connectivity index (χ0v) is 24.5. The Kier molecular flexibility index (Phi) is 13.8. The van der Waals surface area contributed by atoms with Crippen molar-refractivity contribution in [1.29, 1.82) is 0 Å². The molecule has 43 heavy (non-hydrogen) atoms. The van der Waals surface area contributed by atoms with Crippen LogP contribution in [0.4, 0.5) is 0 Å². The van der Waals surface area contributed by atoms with Crippen molar-refractivity contribution < 1.29 is 24.6 Å². The molecule has 0 aliphatic carbocycles. The van der Waals surface area contributed by atoms with Gasteiger partial charge in [0, 0.05) is 63.3 Å². The van der Waals surface area contributed by atoms with Crippen molar-refractivity contribution in [3.63, 3.8) is 0 Å². The molecule has 1 amide bonds. The summed E-state index contributed by atoms with van der Waals surface area (Å²) >= 11 is 0. The quantitative estimate of drug-likeness (QED) is 0.210. The molecule has 1 aliphatic rings. The summed E-state index contributed by atoms with van der Waals surface area (Å²) in [4.78, 5) is 40.6. The largest absolute Gasteiger partial charge is 0.478 e. The normalized spacial score (nSPS) is 14.2. The van der Waals surface area contributed by atoms with E-state index in [-0.39, 0.29) is 5.91 Å². The van der Waals surface area contributed by atoms with E-state index in [2.05, 4.69) is 80.8 Å². The third kappa shape index (κ3) is 12.0. The summed E-state index contributed by atoms with van der Waals surface area (Å²) in [5.74, 6) is -2.55. The highest BCUT2D eigenvalue weighted by molar-refractivity contribution is 5.94. The second-order valence-electron chi connectivity index (χ2n) is 10.2. The number of carbonyl (C=O) groups is 3. The Balaban J connectivity index is 0.000000557. The Morgan fingerprint density at radius 3 is 1.93 bits per heavy atom. The Morgan fingerprint density at radius 2 is 1.42 bits per heavy atom. The summed E-state index contributed by atoms with van der Waals surface area (Å²) in [5, 5.41) is 18.6. The van der Waals surface area contributed by atoms with Gasteiger partial charge in [0.25, 0.3) is 0 Å². The molecular formula is C34H40N4O5. The number of nitrogens with zero attached hydrogens (tertiary/aromatic N) is 3. The Bertz CT molecular complexity index is 1280. The molecule has 0 saturated carbocycles. The molecule has 9 nitrogen and oxygen atoms in total. The third-order valence-corrected chi connectivity index (χ3v) is 7.04. The maximum atomic E-state index is 12.2. The van der Waals surface area contributed by atoms with E-state index in [9.17, 15) is 14.4 Å². The highest BCUT2D eigenvalue weighted by Crippen LogP contribution is 2.29. The Hall–Kier alpha value is -4.60. The number of amides is 1. The Labute approximate surface area is 253 Å². The highest BCUT2D eigenvalue weighted by atomic mass is 16.4. The summed E-state index contributed by atoms with van der Waals surface area (Å²) in [5.41, 5.74) is 4.62. The number of rotatable bonds is 12. The minimum Gasteiger partial charge on any atom is -0.478 e. The molecule has 0 spiro atoms. The van der Waals surface area contributed by atoms with Gasteiger partial charge in [-0.15, -0.1) is 0 Å². The van der Waals surface area contributed by atoms with E-state index < -0.39 is 11.9 Å². The van der Waals surface area contributed by atoms with Gasteiger partial charge >= 0.3 is 11.9 Å². The fourth-order valence-corrected chi connectivity index (χ4v) is 4.87. The second-order valence-corrected chi connectivity index (χ2v) is 10.2. The molecular weight excluding hydrogens is 544 g/mol. The van der Waals surface area contributed by atoms with Crippen LogP contribution < -0.4 is 5.32 Å². The molecule has 0 bridgehead atoms. The van der Waals surface area contributed by atoms with E-state index in [0.29, 0.717) is 24.7 Å². The van der Waals surface area contributed by atoms with E-state index >= 15 is 0 Å². The van der Waals surface area contributed by atoms with E-state index in [1.54, 1.807) is 18.5 Å². The molecule has 9 heteroatoms. The van der Waals surface area contributed by atoms with Crippen LogP contribution in [0, 0.1) is 0 Å². The lowest BCUT2D eigenvalue weighted by atomic mass is 9.96. The number of hydrogen-bond acceptors (Lipinski definition) is 6. The summed E-state index contributed by atoms with van der Waals surface area (Å²) < 4.78 is 0. The minimum atomic E-state index is -1.26. The fourth-order valence-electron chi connectivity index (χ4n) is 4.87. The van der Waals surface area contributed by atoms with Crippen molar-refractivity contribution in [2.24, 2.45) is 0 Å². The zero-order chi connectivity index (χ0) is 30.9. The number of nitrogens with one attached hydrogen (secondary N) is 1. The number of benzene rings is 2. The number of unbranched alkanes of at least 4 members (excludes halogenated alkanes) is 1. The van der Waals surface area contributed by atoms with Gasteiger partial charge in [-0.25, -0.2) is 9.59 Å². The van der Waals surface area contributed by atoms with Gasteiger partial charge in [0.1, 0.15) is 0 Å². The second kappa shape index (κ2) is 18.0. The van der Waals surface area contributed by atoms with E-state index in [0.717, 1.165) is 56.7 Å². The van der Waals surface area contributed by atoms with Crippen LogP contribution in [0.15, 0.2) is 103 Å². The van der Waals surface area contributed by atoms with Crippen molar-refractivity contribution >= 4 is 23.4 Å². The average Bonchev–Trinajstić information content (AvgIpc) is 3.02. The fraction of sp³-hybridized carbons (Fsp3) is 0.294. The molecule has 0 radical (unpaired) electrons. The van der Waals surface area contributed by atoms with Crippen LogP contribution in [0.5, 0.6) is 0 Å². The molecule has 226 valence electrons. The summed E-state index contributed by atoms with van der Waals surface area (Å²) in [6.45, 7) is 8.00. The van der Waals surface area contributed by atoms with Gasteiger partial charge in [0.15, 0.2) is 0 Å². The zero-order valence-electron chi connectivity index (χ0n) is 24.5. The van der Waals surface area contributed by atoms with Crippen LogP contribution in [0.2, 0.25) is 0 Å². The van der Waals surface area contributed by atoms with Crippen LogP contribution in [-0.2, 0) is 14.4 Å². The standard InChI is InChI=1S/C30H36N4O.C4H4O4/c1-25(28-15-10-16-31-24-28)23-29(35)32-17-8-9-18-33-19-21-34(22-20-33)30(26-11-4-2-5-12-26)27-13-6-3-7-14-27;5-3(6)1-2-4(7)8/h2-7,10-16,23-24,30H,8-9,17-22H2,1H3,(H,32,35);1-2H,(H,5,6)(H,7,8)/b25-23+;2-1+. The van der Waals surface area contributed by atoms with Gasteiger partial charge in [-0.2, -0.15) is 0 Å². The molecule has 1 aliphatic heterocycles. The van der Waals surface area contributed by atoms with Gasteiger partial charge in [0.2, 0.25) is 5.91 Å². The predicted octanol–water partition coefficient (Wildman–Crippen LogP) is 4.50. The summed E-state index contributed by atoms with van der Waals surface area (Å²) in [6, 6.07) is 25.8. The predicted molar refractivity (Wildman–Crippen MR) is 167 cm³/mol. The van der Waals surface area contributed by atoms with Crippen LogP contribution >= 0.6 is 0 Å². The van der Waals surface area contributed by atoms with Gasteiger partial charge in [-0.05, 0) is 54.6 Å². The van der Waals surface area contributed by atoms with Crippen molar-refractivity contribution in [2.45, 2.75) is 25.8 Å². The topological polar surface area (TPSA) is 123 Å². The van der Waals surface area contributed by atoms with E-state index in [4.69, 9.17) is 10.2 Å². The van der Waals surface area contributed by atoms with Gasteiger partial charge in [0.05, 0.1) is 6.04 Å². The molecule has 4 rings (SSSR count). The lowest BCUT2D eigenvalue weighted by molar-refractivity contribution is -0.134. The van der Waals surface area contributed by atoms with Crippen molar-refractivity contribution in [2.75, 3.05) is 39.3 Å². The van der Waals surface area contributed by atoms with Gasteiger partial charge in [-0.3, -0.25) is 14.7 Å². The maximum absolute atomic E-state index is 12.2. The number of carbonyl (C=O) groups excluding carboxylic acids is 1. The average molecular weight is 585 g/mol. The van der Waals surface area contributed by atoms with Crippen molar-refractivity contribution in [3.8, 4) is 0 Å². The van der Waals surface area contributed by atoms with E-state index in [1.165, 1.54) is 11.1 Å². The lowest BCUT2D eigenvalue weighted by Crippen LogP contribution is -2.48.